The first-order valence-corrected chi connectivity index (χ1v) is 6.02. The van der Waals surface area contributed by atoms with Crippen molar-refractivity contribution in [3.05, 3.63) is 48.5 Å². The van der Waals surface area contributed by atoms with Crippen molar-refractivity contribution in [3.8, 4) is 5.75 Å². The van der Waals surface area contributed by atoms with Gasteiger partial charge in [0, 0.05) is 22.3 Å². The molecule has 0 aliphatic heterocycles. The minimum Gasteiger partial charge on any atom is -0.497 e. The molecule has 2 rings (SSSR count). The molecular formula is C13H14N2OS. The Morgan fingerprint density at radius 1 is 1.12 bits per heavy atom. The number of anilines is 2. The molecule has 0 unspecified atom stereocenters. The zero-order valence-corrected chi connectivity index (χ0v) is 10.3. The lowest BCUT2D eigenvalue weighted by Gasteiger charge is -2.07. The minimum atomic E-state index is 0.774. The summed E-state index contributed by atoms with van der Waals surface area (Å²) in [5.41, 5.74) is 7.41. The molecule has 17 heavy (non-hydrogen) atoms. The van der Waals surface area contributed by atoms with Crippen LogP contribution < -0.4 is 15.2 Å². The van der Waals surface area contributed by atoms with Crippen molar-refractivity contribution >= 4 is 23.3 Å². The number of benzene rings is 2. The Morgan fingerprint density at radius 2 is 1.88 bits per heavy atom. The van der Waals surface area contributed by atoms with Crippen LogP contribution in [0.5, 0.6) is 5.75 Å². The Hall–Kier alpha value is -1.81. The van der Waals surface area contributed by atoms with E-state index in [1.807, 2.05) is 48.5 Å². The average molecular weight is 246 g/mol. The van der Waals surface area contributed by atoms with Crippen LogP contribution in [0.2, 0.25) is 0 Å². The maximum absolute atomic E-state index is 5.63. The van der Waals surface area contributed by atoms with Crippen LogP contribution >= 0.6 is 11.9 Å². The number of nitrogen functional groups attached to an aromatic ring is 1. The third-order valence-corrected chi connectivity index (χ3v) is 3.08. The van der Waals surface area contributed by atoms with Gasteiger partial charge in [0.1, 0.15) is 5.75 Å². The highest BCUT2D eigenvalue weighted by Gasteiger charge is 1.97. The topological polar surface area (TPSA) is 47.3 Å². The number of nitrogens with one attached hydrogen (secondary N) is 1. The molecule has 0 bridgehead atoms. The van der Waals surface area contributed by atoms with E-state index in [2.05, 4.69) is 4.72 Å². The highest BCUT2D eigenvalue weighted by Crippen LogP contribution is 2.24. The molecule has 0 saturated carbocycles. The Bertz CT molecular complexity index is 485. The Morgan fingerprint density at radius 3 is 2.59 bits per heavy atom. The first kappa shape index (κ1) is 11.7. The van der Waals surface area contributed by atoms with E-state index in [0.717, 1.165) is 22.0 Å². The van der Waals surface area contributed by atoms with E-state index in [1.165, 1.54) is 0 Å². The number of ether oxygens (including phenoxy) is 1. The summed E-state index contributed by atoms with van der Waals surface area (Å²) < 4.78 is 8.41. The van der Waals surface area contributed by atoms with E-state index in [-0.39, 0.29) is 0 Å². The number of rotatable bonds is 4. The third-order valence-electron chi connectivity index (χ3n) is 2.24. The largest absolute Gasteiger partial charge is 0.497 e. The molecule has 0 fully saturated rings. The average Bonchev–Trinajstić information content (AvgIpc) is 2.38. The highest BCUT2D eigenvalue weighted by molar-refractivity contribution is 8.00. The zero-order valence-electron chi connectivity index (χ0n) is 9.51. The van der Waals surface area contributed by atoms with Gasteiger partial charge in [0.25, 0.3) is 0 Å². The predicted octanol–water partition coefficient (Wildman–Crippen LogP) is 3.40. The molecule has 3 N–H and O–H groups in total. The first-order chi connectivity index (χ1) is 8.28. The predicted molar refractivity (Wildman–Crippen MR) is 73.3 cm³/mol. The Kier molecular flexibility index (Phi) is 3.77. The Balaban J connectivity index is 1.99. The molecule has 2 aromatic carbocycles. The third kappa shape index (κ3) is 3.32. The van der Waals surface area contributed by atoms with Crippen LogP contribution in [0.15, 0.2) is 53.4 Å². The van der Waals surface area contributed by atoms with E-state index in [1.54, 1.807) is 19.1 Å². The fraction of sp³-hybridized carbons (Fsp3) is 0.0769. The van der Waals surface area contributed by atoms with Crippen LogP contribution in [0.1, 0.15) is 0 Å². The maximum Gasteiger partial charge on any atom is 0.120 e. The summed E-state index contributed by atoms with van der Waals surface area (Å²) >= 11 is 1.54. The lowest BCUT2D eigenvalue weighted by molar-refractivity contribution is 0.415. The molecule has 0 atom stereocenters. The van der Waals surface area contributed by atoms with Crippen molar-refractivity contribution in [1.29, 1.82) is 0 Å². The molecular weight excluding hydrogens is 232 g/mol. The normalized spacial score (nSPS) is 9.94. The van der Waals surface area contributed by atoms with Gasteiger partial charge in [0.05, 0.1) is 7.11 Å². The summed E-state index contributed by atoms with van der Waals surface area (Å²) in [6.45, 7) is 0. The van der Waals surface area contributed by atoms with Crippen LogP contribution in [-0.4, -0.2) is 7.11 Å². The van der Waals surface area contributed by atoms with E-state index in [0.29, 0.717) is 0 Å². The lowest BCUT2D eigenvalue weighted by Crippen LogP contribution is -1.89. The van der Waals surface area contributed by atoms with Gasteiger partial charge < -0.3 is 15.2 Å². The number of hydrogen-bond donors (Lipinski definition) is 2. The summed E-state index contributed by atoms with van der Waals surface area (Å²) in [5, 5.41) is 0. The molecule has 0 aliphatic carbocycles. The smallest absolute Gasteiger partial charge is 0.120 e. The molecule has 0 aliphatic rings. The second-order valence-electron chi connectivity index (χ2n) is 3.51. The van der Waals surface area contributed by atoms with E-state index in [9.17, 15) is 0 Å². The summed E-state index contributed by atoms with van der Waals surface area (Å²) in [6, 6.07) is 15.5. The molecule has 0 saturated heterocycles. The van der Waals surface area contributed by atoms with Crippen molar-refractivity contribution in [2.75, 3.05) is 17.6 Å². The van der Waals surface area contributed by atoms with Gasteiger partial charge in [0.15, 0.2) is 0 Å². The molecule has 0 radical (unpaired) electrons. The second-order valence-corrected chi connectivity index (χ2v) is 4.38. The molecule has 2 aromatic rings. The van der Waals surface area contributed by atoms with Crippen LogP contribution in [0.4, 0.5) is 11.4 Å². The van der Waals surface area contributed by atoms with Crippen LogP contribution in [-0.2, 0) is 0 Å². The van der Waals surface area contributed by atoms with Gasteiger partial charge in [-0.25, -0.2) is 0 Å². The van der Waals surface area contributed by atoms with Gasteiger partial charge in [-0.1, -0.05) is 6.07 Å². The summed E-state index contributed by atoms with van der Waals surface area (Å²) in [5.74, 6) is 0.841. The van der Waals surface area contributed by atoms with E-state index in [4.69, 9.17) is 10.5 Å². The van der Waals surface area contributed by atoms with Crippen molar-refractivity contribution in [2.45, 2.75) is 4.90 Å². The van der Waals surface area contributed by atoms with Gasteiger partial charge in [0.2, 0.25) is 0 Å². The standard InChI is InChI=1S/C13H14N2OS/c1-16-12-4-2-3-11(9-12)15-17-13-7-5-10(14)6-8-13/h2-9,15H,14H2,1H3. The van der Waals surface area contributed by atoms with Gasteiger partial charge in [-0.15, -0.1) is 0 Å². The monoisotopic (exact) mass is 246 g/mol. The van der Waals surface area contributed by atoms with E-state index >= 15 is 0 Å². The molecule has 4 heteroatoms. The van der Waals surface area contributed by atoms with Crippen molar-refractivity contribution in [3.63, 3.8) is 0 Å². The first-order valence-electron chi connectivity index (χ1n) is 5.20. The van der Waals surface area contributed by atoms with Crippen molar-refractivity contribution < 1.29 is 4.74 Å². The second kappa shape index (κ2) is 5.50. The molecule has 0 heterocycles. The lowest BCUT2D eigenvalue weighted by atomic mass is 10.3. The quantitative estimate of drug-likeness (QED) is 0.641. The van der Waals surface area contributed by atoms with Gasteiger partial charge in [-0.2, -0.15) is 0 Å². The van der Waals surface area contributed by atoms with Crippen molar-refractivity contribution in [1.82, 2.24) is 0 Å². The molecule has 0 aromatic heterocycles. The van der Waals surface area contributed by atoms with Crippen molar-refractivity contribution in [2.24, 2.45) is 0 Å². The number of methoxy groups -OCH3 is 1. The SMILES string of the molecule is COc1cccc(NSc2ccc(N)cc2)c1. The van der Waals surface area contributed by atoms with Gasteiger partial charge >= 0.3 is 0 Å². The Labute approximate surface area is 105 Å². The summed E-state index contributed by atoms with van der Waals surface area (Å²) in [4.78, 5) is 1.11. The molecule has 88 valence electrons. The van der Waals surface area contributed by atoms with Crippen LogP contribution in [0.25, 0.3) is 0 Å². The number of hydrogen-bond acceptors (Lipinski definition) is 4. The molecule has 3 nitrogen and oxygen atoms in total. The minimum absolute atomic E-state index is 0.774. The fourth-order valence-corrected chi connectivity index (χ4v) is 1.98. The zero-order chi connectivity index (χ0) is 12.1. The van der Waals surface area contributed by atoms with Gasteiger partial charge in [-0.3, -0.25) is 0 Å². The van der Waals surface area contributed by atoms with Crippen LogP contribution in [0, 0.1) is 0 Å². The van der Waals surface area contributed by atoms with E-state index < -0.39 is 0 Å². The summed E-state index contributed by atoms with van der Waals surface area (Å²) in [6.07, 6.45) is 0. The maximum atomic E-state index is 5.63. The highest BCUT2D eigenvalue weighted by atomic mass is 32.2. The summed E-state index contributed by atoms with van der Waals surface area (Å²) in [7, 11) is 1.66. The van der Waals surface area contributed by atoms with Gasteiger partial charge in [-0.05, 0) is 48.3 Å². The fourth-order valence-electron chi connectivity index (χ4n) is 1.34. The molecule has 0 spiro atoms. The molecule has 0 amide bonds. The van der Waals surface area contributed by atoms with Crippen LogP contribution in [0.3, 0.4) is 0 Å². The number of nitrogens with two attached hydrogens (primary N) is 1.